The molecule has 0 spiro atoms. The minimum Gasteiger partial charge on any atom is -0.619 e. The monoisotopic (exact) mass is 288 g/mol. The van der Waals surface area contributed by atoms with Gasteiger partial charge in [-0.05, 0) is 30.7 Å². The molecule has 0 radical (unpaired) electrons. The Morgan fingerprint density at radius 1 is 1.45 bits per heavy atom. The molecule has 0 saturated heterocycles. The number of aryl methyl sites for hydroxylation is 1. The number of hydrogen-bond acceptors (Lipinski definition) is 3. The third-order valence-electron chi connectivity index (χ3n) is 3.09. The first kappa shape index (κ1) is 12.7. The van der Waals surface area contributed by atoms with Gasteiger partial charge in [-0.2, -0.15) is 9.83 Å². The van der Waals surface area contributed by atoms with E-state index in [1.54, 1.807) is 16.8 Å². The van der Waals surface area contributed by atoms with E-state index in [0.717, 1.165) is 27.2 Å². The molecule has 0 unspecified atom stereocenters. The molecule has 0 aromatic carbocycles. The highest BCUT2D eigenvalue weighted by Crippen LogP contribution is 2.22. The van der Waals surface area contributed by atoms with Crippen molar-refractivity contribution in [2.24, 2.45) is 0 Å². The zero-order chi connectivity index (χ0) is 14.1. The van der Waals surface area contributed by atoms with Crippen LogP contribution in [0.1, 0.15) is 11.1 Å². The predicted octanol–water partition coefficient (Wildman–Crippen LogP) is 2.54. The Bertz CT molecular complexity index is 769. The smallest absolute Gasteiger partial charge is 0.185 e. The van der Waals surface area contributed by atoms with Gasteiger partial charge in [0.15, 0.2) is 12.4 Å². The summed E-state index contributed by atoms with van der Waals surface area (Å²) in [4.78, 5) is 0. The van der Waals surface area contributed by atoms with E-state index in [9.17, 15) is 5.21 Å². The molecular formula is C14H13ClN4O. The average Bonchev–Trinajstić information content (AvgIpc) is 2.78. The molecule has 20 heavy (non-hydrogen) atoms. The summed E-state index contributed by atoms with van der Waals surface area (Å²) in [5, 5.41) is 19.4. The molecular weight excluding hydrogens is 276 g/mol. The highest BCUT2D eigenvalue weighted by molar-refractivity contribution is 6.31. The molecule has 0 bridgehead atoms. The SMILES string of the molecule is Cc1cnn2c(NCc3ccc[n+]([O-])c3)cc(Cl)cc12. The number of pyridine rings is 2. The van der Waals surface area contributed by atoms with E-state index in [4.69, 9.17) is 11.6 Å². The Morgan fingerprint density at radius 3 is 3.10 bits per heavy atom. The van der Waals surface area contributed by atoms with Crippen LogP contribution in [-0.2, 0) is 6.54 Å². The zero-order valence-corrected chi connectivity index (χ0v) is 11.6. The predicted molar refractivity (Wildman–Crippen MR) is 77.7 cm³/mol. The first-order valence-electron chi connectivity index (χ1n) is 6.19. The Kier molecular flexibility index (Phi) is 3.20. The normalized spacial score (nSPS) is 10.9. The molecule has 0 aliphatic heterocycles. The Hall–Kier alpha value is -2.27. The summed E-state index contributed by atoms with van der Waals surface area (Å²) in [5.41, 5.74) is 2.92. The van der Waals surface area contributed by atoms with E-state index >= 15 is 0 Å². The number of hydrogen-bond donors (Lipinski definition) is 1. The average molecular weight is 289 g/mol. The number of anilines is 1. The summed E-state index contributed by atoms with van der Waals surface area (Å²) >= 11 is 6.12. The van der Waals surface area contributed by atoms with E-state index < -0.39 is 0 Å². The van der Waals surface area contributed by atoms with Crippen LogP contribution in [0, 0.1) is 12.1 Å². The summed E-state index contributed by atoms with van der Waals surface area (Å²) in [6.45, 7) is 2.51. The maximum absolute atomic E-state index is 11.2. The zero-order valence-electron chi connectivity index (χ0n) is 10.9. The molecule has 5 nitrogen and oxygen atoms in total. The Balaban J connectivity index is 1.91. The van der Waals surface area contributed by atoms with Gasteiger partial charge in [0.25, 0.3) is 0 Å². The van der Waals surface area contributed by atoms with Gasteiger partial charge in [-0.1, -0.05) is 11.6 Å². The van der Waals surface area contributed by atoms with Gasteiger partial charge in [-0.15, -0.1) is 0 Å². The van der Waals surface area contributed by atoms with Crippen molar-refractivity contribution in [3.05, 3.63) is 64.2 Å². The molecule has 6 heteroatoms. The lowest BCUT2D eigenvalue weighted by atomic mass is 10.2. The van der Waals surface area contributed by atoms with Crippen LogP contribution in [0.3, 0.4) is 0 Å². The summed E-state index contributed by atoms with van der Waals surface area (Å²) < 4.78 is 2.58. The summed E-state index contributed by atoms with van der Waals surface area (Å²) in [6, 6.07) is 7.30. The minimum absolute atomic E-state index is 0.525. The Labute approximate surface area is 121 Å². The van der Waals surface area contributed by atoms with Gasteiger partial charge in [0.1, 0.15) is 5.82 Å². The van der Waals surface area contributed by atoms with Gasteiger partial charge >= 0.3 is 0 Å². The molecule has 102 valence electrons. The fourth-order valence-corrected chi connectivity index (χ4v) is 2.30. The molecule has 0 saturated carbocycles. The number of aromatic nitrogens is 3. The summed E-state index contributed by atoms with van der Waals surface area (Å²) in [7, 11) is 0. The maximum Gasteiger partial charge on any atom is 0.185 e. The molecule has 0 aliphatic rings. The lowest BCUT2D eigenvalue weighted by Gasteiger charge is -2.09. The molecule has 3 rings (SSSR count). The van der Waals surface area contributed by atoms with Crippen LogP contribution in [0.15, 0.2) is 42.9 Å². The number of rotatable bonds is 3. The molecule has 3 aromatic rings. The molecule has 3 heterocycles. The van der Waals surface area contributed by atoms with Crippen molar-refractivity contribution in [1.82, 2.24) is 9.61 Å². The lowest BCUT2D eigenvalue weighted by molar-refractivity contribution is -0.605. The summed E-state index contributed by atoms with van der Waals surface area (Å²) in [6.07, 6.45) is 4.78. The second-order valence-electron chi connectivity index (χ2n) is 4.61. The van der Waals surface area contributed by atoms with Gasteiger partial charge in [0, 0.05) is 23.2 Å². The second kappa shape index (κ2) is 5.02. The molecule has 1 N–H and O–H groups in total. The fourth-order valence-electron chi connectivity index (χ4n) is 2.09. The van der Waals surface area contributed by atoms with E-state index in [1.165, 1.54) is 12.4 Å². The third-order valence-corrected chi connectivity index (χ3v) is 3.30. The third kappa shape index (κ3) is 2.40. The van der Waals surface area contributed by atoms with Gasteiger partial charge in [-0.25, -0.2) is 4.52 Å². The van der Waals surface area contributed by atoms with Crippen molar-refractivity contribution in [2.75, 3.05) is 5.32 Å². The fraction of sp³-hybridized carbons (Fsp3) is 0.143. The van der Waals surface area contributed by atoms with Crippen LogP contribution in [0.5, 0.6) is 0 Å². The highest BCUT2D eigenvalue weighted by Gasteiger charge is 2.07. The van der Waals surface area contributed by atoms with Gasteiger partial charge < -0.3 is 10.5 Å². The summed E-state index contributed by atoms with van der Waals surface area (Å²) in [5.74, 6) is 0.793. The number of fused-ring (bicyclic) bond motifs is 1. The van der Waals surface area contributed by atoms with Gasteiger partial charge in [0.2, 0.25) is 0 Å². The van der Waals surface area contributed by atoms with Crippen LogP contribution < -0.4 is 10.0 Å². The van der Waals surface area contributed by atoms with Crippen molar-refractivity contribution >= 4 is 22.9 Å². The number of halogens is 1. The van der Waals surface area contributed by atoms with Crippen LogP contribution >= 0.6 is 11.6 Å². The molecule has 3 aromatic heterocycles. The van der Waals surface area contributed by atoms with Crippen LogP contribution in [0.25, 0.3) is 5.52 Å². The van der Waals surface area contributed by atoms with Crippen molar-refractivity contribution in [1.29, 1.82) is 0 Å². The second-order valence-corrected chi connectivity index (χ2v) is 5.05. The minimum atomic E-state index is 0.525. The first-order chi connectivity index (χ1) is 9.63. The highest BCUT2D eigenvalue weighted by atomic mass is 35.5. The standard InChI is InChI=1S/C14H13ClN4O/c1-10-7-17-19-13(10)5-12(15)6-14(19)16-8-11-3-2-4-18(20)9-11/h2-7,9,16H,8H2,1H3. The molecule has 0 fully saturated rings. The van der Waals surface area contributed by atoms with Crippen molar-refractivity contribution < 1.29 is 4.73 Å². The van der Waals surface area contributed by atoms with Gasteiger partial charge in [-0.3, -0.25) is 0 Å². The molecule has 0 aliphatic carbocycles. The van der Waals surface area contributed by atoms with Crippen molar-refractivity contribution in [3.63, 3.8) is 0 Å². The molecule has 0 atom stereocenters. The van der Waals surface area contributed by atoms with Crippen LogP contribution in [0.4, 0.5) is 5.82 Å². The number of nitrogens with zero attached hydrogens (tertiary/aromatic N) is 3. The number of nitrogens with one attached hydrogen (secondary N) is 1. The van der Waals surface area contributed by atoms with Crippen molar-refractivity contribution in [2.45, 2.75) is 13.5 Å². The van der Waals surface area contributed by atoms with E-state index in [1.807, 2.05) is 25.1 Å². The van der Waals surface area contributed by atoms with E-state index in [-0.39, 0.29) is 0 Å². The molecule has 0 amide bonds. The van der Waals surface area contributed by atoms with Gasteiger partial charge in [0.05, 0.1) is 11.7 Å². The Morgan fingerprint density at radius 2 is 2.30 bits per heavy atom. The van der Waals surface area contributed by atoms with Crippen LogP contribution in [0.2, 0.25) is 5.02 Å². The van der Waals surface area contributed by atoms with E-state index in [2.05, 4.69) is 10.4 Å². The maximum atomic E-state index is 11.2. The largest absolute Gasteiger partial charge is 0.619 e. The van der Waals surface area contributed by atoms with Crippen LogP contribution in [-0.4, -0.2) is 9.61 Å². The quantitative estimate of drug-likeness (QED) is 0.595. The first-order valence-corrected chi connectivity index (χ1v) is 6.57. The topological polar surface area (TPSA) is 56.3 Å². The van der Waals surface area contributed by atoms with E-state index in [0.29, 0.717) is 11.6 Å². The lowest BCUT2D eigenvalue weighted by Crippen LogP contribution is -2.25. The van der Waals surface area contributed by atoms with Crippen molar-refractivity contribution in [3.8, 4) is 0 Å².